The highest BCUT2D eigenvalue weighted by atomic mass is 32.1. The zero-order valence-electron chi connectivity index (χ0n) is 8.92. The molecule has 0 aliphatic rings. The van der Waals surface area contributed by atoms with Crippen LogP contribution in [0, 0.1) is 6.92 Å². The molecule has 0 atom stereocenters. The number of benzene rings is 1. The second-order valence-corrected chi connectivity index (χ2v) is 4.55. The van der Waals surface area contributed by atoms with Crippen LogP contribution in [0.1, 0.15) is 5.69 Å². The van der Waals surface area contributed by atoms with E-state index in [4.69, 9.17) is 0 Å². The molecule has 0 fully saturated rings. The summed E-state index contributed by atoms with van der Waals surface area (Å²) in [6, 6.07) is 12.4. The zero-order chi connectivity index (χ0) is 11.0. The molecule has 1 aromatic carbocycles. The standard InChI is InChI=1S/C13H11N2S/c1-10-7-8-15-12(9-16-13(15)14-10)11-5-3-2-4-6-11/h2-9H,1H3/q+1. The van der Waals surface area contributed by atoms with E-state index in [-0.39, 0.29) is 0 Å². The Balaban J connectivity index is 2.26. The van der Waals surface area contributed by atoms with Crippen molar-refractivity contribution in [3.63, 3.8) is 0 Å². The molecule has 16 heavy (non-hydrogen) atoms. The molecule has 0 radical (unpaired) electrons. The molecule has 2 heterocycles. The Morgan fingerprint density at radius 3 is 2.75 bits per heavy atom. The van der Waals surface area contributed by atoms with Crippen LogP contribution in [-0.4, -0.2) is 4.98 Å². The molecule has 78 valence electrons. The normalized spacial score (nSPS) is 10.8. The van der Waals surface area contributed by atoms with Crippen molar-refractivity contribution in [2.45, 2.75) is 6.92 Å². The van der Waals surface area contributed by atoms with Gasteiger partial charge >= 0.3 is 4.96 Å². The van der Waals surface area contributed by atoms with E-state index in [1.54, 1.807) is 11.3 Å². The van der Waals surface area contributed by atoms with Gasteiger partial charge < -0.3 is 0 Å². The third-order valence-corrected chi connectivity index (χ3v) is 3.39. The first kappa shape index (κ1) is 9.48. The number of hydrogen-bond acceptors (Lipinski definition) is 2. The Morgan fingerprint density at radius 2 is 1.94 bits per heavy atom. The van der Waals surface area contributed by atoms with Gasteiger partial charge in [0.1, 0.15) is 6.20 Å². The average Bonchev–Trinajstić information content (AvgIpc) is 2.73. The van der Waals surface area contributed by atoms with Crippen molar-refractivity contribution in [3.8, 4) is 11.3 Å². The lowest BCUT2D eigenvalue weighted by Crippen LogP contribution is -2.21. The molecule has 0 aliphatic heterocycles. The van der Waals surface area contributed by atoms with Crippen LogP contribution in [0.3, 0.4) is 0 Å². The summed E-state index contributed by atoms with van der Waals surface area (Å²) in [5, 5.41) is 2.15. The molecular weight excluding hydrogens is 216 g/mol. The number of hydrogen-bond donors (Lipinski definition) is 0. The summed E-state index contributed by atoms with van der Waals surface area (Å²) in [6.45, 7) is 2.02. The van der Waals surface area contributed by atoms with Crippen molar-refractivity contribution in [2.24, 2.45) is 0 Å². The fraction of sp³-hybridized carbons (Fsp3) is 0.0769. The summed E-state index contributed by atoms with van der Waals surface area (Å²) in [5.41, 5.74) is 3.49. The smallest absolute Gasteiger partial charge is 0.186 e. The van der Waals surface area contributed by atoms with Crippen LogP contribution in [0.5, 0.6) is 0 Å². The molecule has 0 saturated heterocycles. The highest BCUT2D eigenvalue weighted by Gasteiger charge is 2.13. The molecule has 2 aromatic heterocycles. The summed E-state index contributed by atoms with van der Waals surface area (Å²) in [7, 11) is 0. The molecule has 0 unspecified atom stereocenters. The molecule has 3 heteroatoms. The number of thiazole rings is 1. The molecular formula is C13H11N2S+. The van der Waals surface area contributed by atoms with Gasteiger partial charge in [0, 0.05) is 23.9 Å². The SMILES string of the molecule is Cc1cc[n+]2c(-c3ccccc3)csc2n1. The van der Waals surface area contributed by atoms with Crippen LogP contribution in [-0.2, 0) is 0 Å². The first-order valence-electron chi connectivity index (χ1n) is 5.16. The van der Waals surface area contributed by atoms with Gasteiger partial charge in [-0.3, -0.25) is 0 Å². The van der Waals surface area contributed by atoms with Crippen LogP contribution >= 0.6 is 11.3 Å². The van der Waals surface area contributed by atoms with Gasteiger partial charge in [-0.15, -0.1) is 0 Å². The zero-order valence-corrected chi connectivity index (χ0v) is 9.74. The van der Waals surface area contributed by atoms with Crippen LogP contribution < -0.4 is 4.40 Å². The summed E-state index contributed by atoms with van der Waals surface area (Å²) >= 11 is 1.67. The van der Waals surface area contributed by atoms with E-state index in [0.717, 1.165) is 10.7 Å². The lowest BCUT2D eigenvalue weighted by Gasteiger charge is -1.95. The Kier molecular flexibility index (Phi) is 2.18. The van der Waals surface area contributed by atoms with Gasteiger partial charge in [-0.1, -0.05) is 30.3 Å². The average molecular weight is 227 g/mol. The fourth-order valence-corrected chi connectivity index (χ4v) is 2.67. The maximum Gasteiger partial charge on any atom is 0.387 e. The van der Waals surface area contributed by atoms with Gasteiger partial charge in [0.05, 0.1) is 0 Å². The van der Waals surface area contributed by atoms with E-state index in [0.29, 0.717) is 0 Å². The van der Waals surface area contributed by atoms with E-state index in [9.17, 15) is 0 Å². The Hall–Kier alpha value is -1.74. The van der Waals surface area contributed by atoms with Gasteiger partial charge in [0.2, 0.25) is 0 Å². The van der Waals surface area contributed by atoms with Crippen LogP contribution in [0.25, 0.3) is 16.2 Å². The van der Waals surface area contributed by atoms with Crippen LogP contribution in [0.15, 0.2) is 48.0 Å². The summed E-state index contributed by atoms with van der Waals surface area (Å²) < 4.78 is 2.13. The maximum absolute atomic E-state index is 4.50. The van der Waals surface area contributed by atoms with Crippen molar-refractivity contribution in [1.82, 2.24) is 4.98 Å². The van der Waals surface area contributed by atoms with E-state index < -0.39 is 0 Å². The second-order valence-electron chi connectivity index (χ2n) is 3.71. The number of aryl methyl sites for hydroxylation is 1. The minimum atomic E-state index is 1.04. The van der Waals surface area contributed by atoms with E-state index >= 15 is 0 Å². The van der Waals surface area contributed by atoms with Crippen molar-refractivity contribution < 1.29 is 4.40 Å². The largest absolute Gasteiger partial charge is 0.387 e. The topological polar surface area (TPSA) is 17.0 Å². The molecule has 0 amide bonds. The minimum Gasteiger partial charge on any atom is -0.186 e. The number of aromatic nitrogens is 2. The summed E-state index contributed by atoms with van der Waals surface area (Å²) in [6.07, 6.45) is 2.08. The predicted molar refractivity (Wildman–Crippen MR) is 65.4 cm³/mol. The Morgan fingerprint density at radius 1 is 1.12 bits per heavy atom. The number of nitrogens with zero attached hydrogens (tertiary/aromatic N) is 2. The van der Waals surface area contributed by atoms with Gasteiger partial charge in [-0.25, -0.2) is 0 Å². The third kappa shape index (κ3) is 1.49. The maximum atomic E-state index is 4.50. The molecule has 0 N–H and O–H groups in total. The highest BCUT2D eigenvalue weighted by Crippen LogP contribution is 2.19. The van der Waals surface area contributed by atoms with Crippen LogP contribution in [0.4, 0.5) is 0 Å². The van der Waals surface area contributed by atoms with E-state index in [1.807, 2.05) is 19.1 Å². The molecule has 0 bridgehead atoms. The molecule has 0 spiro atoms. The number of rotatable bonds is 1. The lowest BCUT2D eigenvalue weighted by atomic mass is 10.2. The number of fused-ring (bicyclic) bond motifs is 1. The van der Waals surface area contributed by atoms with Gasteiger partial charge in [-0.2, -0.15) is 4.40 Å². The van der Waals surface area contributed by atoms with Crippen molar-refractivity contribution in [1.29, 1.82) is 0 Å². The molecule has 3 aromatic rings. The predicted octanol–water partition coefficient (Wildman–Crippen LogP) is 2.86. The molecule has 0 saturated carbocycles. The molecule has 3 rings (SSSR count). The van der Waals surface area contributed by atoms with Crippen molar-refractivity contribution >= 4 is 16.3 Å². The second kappa shape index (κ2) is 3.68. The van der Waals surface area contributed by atoms with Crippen molar-refractivity contribution in [2.75, 3.05) is 0 Å². The molecule has 2 nitrogen and oxygen atoms in total. The Bertz CT molecular complexity index is 629. The van der Waals surface area contributed by atoms with Gasteiger partial charge in [0.15, 0.2) is 11.4 Å². The van der Waals surface area contributed by atoms with E-state index in [2.05, 4.69) is 45.2 Å². The highest BCUT2D eigenvalue weighted by molar-refractivity contribution is 7.14. The van der Waals surface area contributed by atoms with E-state index in [1.165, 1.54) is 11.3 Å². The van der Waals surface area contributed by atoms with Crippen LogP contribution in [0.2, 0.25) is 0 Å². The lowest BCUT2D eigenvalue weighted by molar-refractivity contribution is -0.497. The van der Waals surface area contributed by atoms with Gasteiger partial charge in [0.25, 0.3) is 0 Å². The monoisotopic (exact) mass is 227 g/mol. The minimum absolute atomic E-state index is 1.04. The first-order chi connectivity index (χ1) is 7.84. The van der Waals surface area contributed by atoms with Gasteiger partial charge in [-0.05, 0) is 16.3 Å². The first-order valence-corrected chi connectivity index (χ1v) is 6.04. The summed E-state index contributed by atoms with van der Waals surface area (Å²) in [4.78, 5) is 5.54. The third-order valence-electron chi connectivity index (χ3n) is 2.55. The fourth-order valence-electron chi connectivity index (χ4n) is 1.74. The molecule has 0 aliphatic carbocycles. The van der Waals surface area contributed by atoms with Crippen molar-refractivity contribution in [3.05, 3.63) is 53.7 Å². The Labute approximate surface area is 97.8 Å². The quantitative estimate of drug-likeness (QED) is 0.584. The summed E-state index contributed by atoms with van der Waals surface area (Å²) in [5.74, 6) is 0.